The fourth-order valence-corrected chi connectivity index (χ4v) is 10.0. The molecule has 19 heteroatoms. The lowest BCUT2D eigenvalue weighted by atomic mass is 9.85. The van der Waals surface area contributed by atoms with Gasteiger partial charge in [-0.05, 0) is 62.6 Å². The number of carbonyl (C=O) groups is 3. The van der Waals surface area contributed by atoms with Gasteiger partial charge in [0.05, 0.1) is 59.8 Å². The molecule has 1 saturated carbocycles. The molecule has 4 aromatic heterocycles. The Balaban J connectivity index is 0.718. The first-order chi connectivity index (χ1) is 30.1. The maximum atomic E-state index is 14.3. The second-order valence-corrected chi connectivity index (χ2v) is 17.2. The van der Waals surface area contributed by atoms with Gasteiger partial charge in [0.2, 0.25) is 11.8 Å². The number of piperidine rings is 1. The average molecular weight is 851 g/mol. The van der Waals surface area contributed by atoms with E-state index in [1.54, 1.807) is 17.9 Å². The van der Waals surface area contributed by atoms with Crippen molar-refractivity contribution in [2.45, 2.75) is 75.6 Å². The number of alkyl halides is 2. The lowest BCUT2D eigenvalue weighted by molar-refractivity contribution is -0.135. The predicted octanol–water partition coefficient (Wildman–Crippen LogP) is 3.12. The third kappa shape index (κ3) is 7.53. The van der Waals surface area contributed by atoms with Crippen LogP contribution in [0, 0.1) is 17.8 Å². The number of aryl methyl sites for hydroxylation is 1. The molecule has 5 fully saturated rings. The van der Waals surface area contributed by atoms with Crippen molar-refractivity contribution in [1.29, 1.82) is 0 Å². The molecule has 3 atom stereocenters. The van der Waals surface area contributed by atoms with Crippen LogP contribution < -0.4 is 21.2 Å². The van der Waals surface area contributed by atoms with Gasteiger partial charge in [-0.25, -0.2) is 23.1 Å². The van der Waals surface area contributed by atoms with Gasteiger partial charge in [0.25, 0.3) is 12.3 Å². The number of rotatable bonds is 9. The van der Waals surface area contributed by atoms with Gasteiger partial charge >= 0.3 is 5.69 Å². The highest BCUT2D eigenvalue weighted by Crippen LogP contribution is 2.36. The number of anilines is 2. The summed E-state index contributed by atoms with van der Waals surface area (Å²) in [5.41, 5.74) is 1.75. The van der Waals surface area contributed by atoms with Gasteiger partial charge in [0, 0.05) is 65.1 Å². The lowest BCUT2D eigenvalue weighted by Crippen LogP contribution is -2.48. The number of fused-ring (bicyclic) bond motifs is 4. The molecule has 324 valence electrons. The molecular weight excluding hydrogens is 803 g/mol. The number of halogens is 2. The smallest absolute Gasteiger partial charge is 0.329 e. The summed E-state index contributed by atoms with van der Waals surface area (Å²) in [6, 6.07) is 6.83. The third-order valence-corrected chi connectivity index (χ3v) is 13.3. The molecule has 17 nitrogen and oxygen atoms in total. The van der Waals surface area contributed by atoms with Crippen molar-refractivity contribution in [1.82, 2.24) is 48.6 Å². The van der Waals surface area contributed by atoms with Crippen LogP contribution in [0.5, 0.6) is 0 Å². The highest BCUT2D eigenvalue weighted by atomic mass is 19.3. The van der Waals surface area contributed by atoms with Gasteiger partial charge in [-0.1, -0.05) is 17.9 Å². The second-order valence-electron chi connectivity index (χ2n) is 17.2. The summed E-state index contributed by atoms with van der Waals surface area (Å²) >= 11 is 0. The number of para-hydroxylation sites is 1. The van der Waals surface area contributed by atoms with Gasteiger partial charge in [-0.15, -0.1) is 0 Å². The highest BCUT2D eigenvalue weighted by molar-refractivity contribution is 6.08. The summed E-state index contributed by atoms with van der Waals surface area (Å²) in [5.74, 6) is 6.41. The van der Waals surface area contributed by atoms with E-state index in [-0.39, 0.29) is 53.9 Å². The fourth-order valence-electron chi connectivity index (χ4n) is 10.0. The van der Waals surface area contributed by atoms with Crippen LogP contribution in [0.3, 0.4) is 0 Å². The number of amides is 3. The first-order valence-corrected chi connectivity index (χ1v) is 21.5. The number of carbonyl (C=O) groups excluding carboxylic acids is 3. The van der Waals surface area contributed by atoms with Gasteiger partial charge in [-0.3, -0.25) is 38.4 Å². The van der Waals surface area contributed by atoms with Gasteiger partial charge in [0.15, 0.2) is 11.3 Å². The second kappa shape index (κ2) is 16.4. The summed E-state index contributed by atoms with van der Waals surface area (Å²) in [5, 5.41) is 13.6. The van der Waals surface area contributed by atoms with E-state index < -0.39 is 30.0 Å². The Labute approximate surface area is 355 Å². The maximum Gasteiger partial charge on any atom is 0.329 e. The van der Waals surface area contributed by atoms with Crippen LogP contribution in [0.1, 0.15) is 85.1 Å². The minimum Gasteiger partial charge on any atom is -0.374 e. The van der Waals surface area contributed by atoms with Crippen LogP contribution in [0.2, 0.25) is 0 Å². The third-order valence-electron chi connectivity index (χ3n) is 13.3. The number of ether oxygens (including phenoxy) is 1. The van der Waals surface area contributed by atoms with Crippen molar-refractivity contribution in [2.24, 2.45) is 13.0 Å². The number of morpholine rings is 1. The first-order valence-electron chi connectivity index (χ1n) is 21.5. The average Bonchev–Trinajstić information content (AvgIpc) is 4.12. The van der Waals surface area contributed by atoms with E-state index in [0.29, 0.717) is 41.3 Å². The first kappa shape index (κ1) is 40.1. The van der Waals surface area contributed by atoms with Crippen molar-refractivity contribution in [2.75, 3.05) is 62.6 Å². The van der Waals surface area contributed by atoms with Crippen LogP contribution in [0.15, 0.2) is 47.7 Å². The SMILES string of the molecule is Cn1c(=O)n([C@H]2CCC(=O)NC2=O)c2cccc(C#CCN3CCN(CC4CCC(n5cc(NC(=O)c6cnn7ccc(N8C[C@H]9C[C@@H]8CO9)nc67)c(C(F)F)n5)CC4)CC3)c21. The molecule has 5 aliphatic rings. The molecule has 0 radical (unpaired) electrons. The molecule has 2 bridgehead atoms. The summed E-state index contributed by atoms with van der Waals surface area (Å²) in [6.07, 6.45) is 6.91. The quantitative estimate of drug-likeness (QED) is 0.165. The number of aromatic nitrogens is 7. The lowest BCUT2D eigenvalue weighted by Gasteiger charge is -2.37. The largest absolute Gasteiger partial charge is 0.374 e. The number of piperazine rings is 1. The minimum atomic E-state index is -2.86. The molecule has 1 aliphatic carbocycles. The molecule has 3 amide bonds. The van der Waals surface area contributed by atoms with Crippen LogP contribution >= 0.6 is 0 Å². The van der Waals surface area contributed by atoms with E-state index in [2.05, 4.69) is 47.4 Å². The Hall–Kier alpha value is -5.97. The van der Waals surface area contributed by atoms with Crippen molar-refractivity contribution >= 4 is 45.9 Å². The summed E-state index contributed by atoms with van der Waals surface area (Å²) < 4.78 is 40.4. The molecule has 10 rings (SSSR count). The molecule has 5 aromatic rings. The summed E-state index contributed by atoms with van der Waals surface area (Å²) in [4.78, 5) is 62.9. The summed E-state index contributed by atoms with van der Waals surface area (Å²) in [7, 11) is 1.68. The van der Waals surface area contributed by atoms with E-state index in [1.165, 1.54) is 26.0 Å². The van der Waals surface area contributed by atoms with Gasteiger partial charge < -0.3 is 19.9 Å². The number of imidazole rings is 1. The monoisotopic (exact) mass is 850 g/mol. The Morgan fingerprint density at radius 3 is 2.58 bits per heavy atom. The molecule has 4 aliphatic heterocycles. The van der Waals surface area contributed by atoms with Gasteiger partial charge in [0.1, 0.15) is 17.4 Å². The molecular formula is C43H48F2N12O5. The number of hydrogen-bond acceptors (Lipinski definition) is 11. The minimum absolute atomic E-state index is 0.00858. The Bertz CT molecular complexity index is 2680. The maximum absolute atomic E-state index is 14.3. The predicted molar refractivity (Wildman–Crippen MR) is 223 cm³/mol. The zero-order valence-electron chi connectivity index (χ0n) is 34.4. The van der Waals surface area contributed by atoms with Crippen LogP contribution in [0.4, 0.5) is 20.3 Å². The number of nitrogens with zero attached hydrogens (tertiary/aromatic N) is 10. The van der Waals surface area contributed by atoms with Crippen molar-refractivity contribution < 1.29 is 27.9 Å². The number of benzene rings is 1. The standard InChI is InChI=1S/C43H48F2N12O5/c1-51-38-27(4-2-6-33(38)57(43(51)61)34-11-12-36(58)49-42(34)60)5-3-14-52-16-18-53(19-17-52)22-26-7-9-28(10-8-26)56-24-32(37(50-56)39(44)45)47-41(59)31-21-46-55-15-13-35(48-40(31)55)54-23-30-20-29(54)25-62-30/h2,4,6,13,15,21,24,26,28-30,34,39H,7-12,14,16-20,22-23,25H2,1H3,(H,47,59)(H,49,58,60)/t26?,28?,29-,30-,34+/m1/s1. The normalized spacial score (nSPS) is 24.6. The highest BCUT2D eigenvalue weighted by Gasteiger charge is 2.40. The Kier molecular flexibility index (Phi) is 10.6. The fraction of sp³-hybridized carbons (Fsp3) is 0.512. The molecule has 0 spiro atoms. The van der Waals surface area contributed by atoms with Crippen molar-refractivity contribution in [3.05, 3.63) is 70.2 Å². The zero-order valence-corrected chi connectivity index (χ0v) is 34.4. The van der Waals surface area contributed by atoms with Crippen molar-refractivity contribution in [3.63, 3.8) is 0 Å². The number of nitrogens with one attached hydrogen (secondary N) is 2. The van der Waals surface area contributed by atoms with E-state index in [4.69, 9.17) is 9.72 Å². The number of imide groups is 1. The number of hydrogen-bond donors (Lipinski definition) is 2. The molecule has 8 heterocycles. The van der Waals surface area contributed by atoms with Crippen LogP contribution in [-0.2, 0) is 21.4 Å². The van der Waals surface area contributed by atoms with Gasteiger partial charge in [-0.2, -0.15) is 10.2 Å². The van der Waals surface area contributed by atoms with Crippen LogP contribution in [0.25, 0.3) is 16.7 Å². The van der Waals surface area contributed by atoms with E-state index in [9.17, 15) is 28.0 Å². The zero-order chi connectivity index (χ0) is 42.6. The Morgan fingerprint density at radius 1 is 1.03 bits per heavy atom. The molecule has 1 aromatic carbocycles. The van der Waals surface area contributed by atoms with Crippen molar-refractivity contribution in [3.8, 4) is 11.8 Å². The topological polar surface area (TPSA) is 169 Å². The molecule has 2 N–H and O–H groups in total. The van der Waals surface area contributed by atoms with E-state index in [1.807, 2.05) is 24.3 Å². The molecule has 62 heavy (non-hydrogen) atoms. The van der Waals surface area contributed by atoms with E-state index >= 15 is 0 Å². The summed E-state index contributed by atoms with van der Waals surface area (Å²) in [6.45, 7) is 6.50. The molecule has 0 unspecified atom stereocenters. The Morgan fingerprint density at radius 2 is 1.84 bits per heavy atom. The van der Waals surface area contributed by atoms with E-state index in [0.717, 1.165) is 77.2 Å². The van der Waals surface area contributed by atoms with Crippen LogP contribution in [-0.4, -0.2) is 126 Å². The molecule has 4 saturated heterocycles.